The minimum atomic E-state index is -3.00. The zero-order valence-corrected chi connectivity index (χ0v) is 15.9. The van der Waals surface area contributed by atoms with Gasteiger partial charge in [0.25, 0.3) is 0 Å². The Morgan fingerprint density at radius 1 is 0.731 bits per heavy atom. The first kappa shape index (κ1) is 16.9. The molecule has 0 aliphatic carbocycles. The fraction of sp³-hybridized carbons (Fsp3) is 0.130. The molecular weight excluding hydrogens is 337 g/mol. The van der Waals surface area contributed by atoms with Crippen molar-refractivity contribution in [2.45, 2.75) is 19.8 Å². The molecule has 0 radical (unpaired) electrons. The van der Waals surface area contributed by atoms with Crippen LogP contribution in [0.2, 0.25) is 0 Å². The lowest BCUT2D eigenvalue weighted by atomic mass is 10.1. The van der Waals surface area contributed by atoms with Crippen LogP contribution in [0.15, 0.2) is 84.9 Å². The van der Waals surface area contributed by atoms with Crippen LogP contribution in [0, 0.1) is 0 Å². The van der Waals surface area contributed by atoms with Crippen LogP contribution in [0.25, 0.3) is 10.9 Å². The normalized spacial score (nSPS) is 12.0. The molecule has 1 aromatic heterocycles. The van der Waals surface area contributed by atoms with Crippen molar-refractivity contribution < 1.29 is 4.57 Å². The molecule has 0 aliphatic rings. The highest BCUT2D eigenvalue weighted by molar-refractivity contribution is 7.85. The first-order valence-corrected chi connectivity index (χ1v) is 10.7. The number of aromatic amines is 1. The lowest BCUT2D eigenvalue weighted by Crippen LogP contribution is -2.27. The summed E-state index contributed by atoms with van der Waals surface area (Å²) in [5, 5.41) is 3.74. The van der Waals surface area contributed by atoms with Crippen molar-refractivity contribution in [3.63, 3.8) is 0 Å². The van der Waals surface area contributed by atoms with Crippen LogP contribution in [-0.2, 0) is 4.57 Å². The van der Waals surface area contributed by atoms with Crippen molar-refractivity contribution in [1.29, 1.82) is 0 Å². The molecule has 130 valence electrons. The van der Waals surface area contributed by atoms with E-state index >= 15 is 0 Å². The Morgan fingerprint density at radius 3 is 1.77 bits per heavy atom. The van der Waals surface area contributed by atoms with Crippen LogP contribution in [0.1, 0.15) is 25.5 Å². The quantitative estimate of drug-likeness (QED) is 0.515. The van der Waals surface area contributed by atoms with Crippen LogP contribution in [0.4, 0.5) is 0 Å². The maximum atomic E-state index is 14.8. The molecule has 0 fully saturated rings. The molecule has 0 bridgehead atoms. The van der Waals surface area contributed by atoms with E-state index in [0.717, 1.165) is 32.5 Å². The lowest BCUT2D eigenvalue weighted by Gasteiger charge is -2.22. The van der Waals surface area contributed by atoms with Gasteiger partial charge in [0.05, 0.1) is 0 Å². The van der Waals surface area contributed by atoms with E-state index in [1.54, 1.807) is 0 Å². The number of hydrogen-bond donors (Lipinski definition) is 1. The number of aromatic nitrogens is 1. The monoisotopic (exact) mass is 359 g/mol. The molecule has 4 rings (SSSR count). The van der Waals surface area contributed by atoms with Gasteiger partial charge in [-0.2, -0.15) is 0 Å². The second-order valence-electron chi connectivity index (χ2n) is 6.87. The van der Waals surface area contributed by atoms with Gasteiger partial charge in [0, 0.05) is 32.5 Å². The van der Waals surface area contributed by atoms with E-state index in [1.807, 2.05) is 72.8 Å². The van der Waals surface area contributed by atoms with Gasteiger partial charge in [-0.05, 0) is 12.0 Å². The summed E-state index contributed by atoms with van der Waals surface area (Å²) >= 11 is 0. The highest BCUT2D eigenvalue weighted by Gasteiger charge is 2.35. The maximum absolute atomic E-state index is 14.8. The smallest absolute Gasteiger partial charge is 0.173 e. The van der Waals surface area contributed by atoms with E-state index in [0.29, 0.717) is 0 Å². The fourth-order valence-electron chi connectivity index (χ4n) is 3.59. The van der Waals surface area contributed by atoms with Crippen molar-refractivity contribution in [2.75, 3.05) is 0 Å². The summed E-state index contributed by atoms with van der Waals surface area (Å²) in [5.74, 6) is 0.248. The van der Waals surface area contributed by atoms with Crippen LogP contribution in [-0.4, -0.2) is 4.98 Å². The van der Waals surface area contributed by atoms with Crippen molar-refractivity contribution in [3.8, 4) is 0 Å². The molecule has 4 aromatic rings. The largest absolute Gasteiger partial charge is 0.358 e. The molecule has 0 atom stereocenters. The van der Waals surface area contributed by atoms with E-state index < -0.39 is 7.14 Å². The van der Waals surface area contributed by atoms with Gasteiger partial charge < -0.3 is 9.55 Å². The number of hydrogen-bond acceptors (Lipinski definition) is 1. The highest BCUT2D eigenvalue weighted by atomic mass is 31.2. The molecule has 0 aliphatic heterocycles. The van der Waals surface area contributed by atoms with Crippen LogP contribution >= 0.6 is 7.14 Å². The number of fused-ring (bicyclic) bond motifs is 1. The minimum absolute atomic E-state index is 0.248. The number of para-hydroxylation sites is 1. The molecule has 1 heterocycles. The second-order valence-corrected chi connectivity index (χ2v) is 9.57. The SMILES string of the molecule is CC(C)c1[nH]c2ccccc2c1P(=O)(c1ccccc1)c1ccccc1. The van der Waals surface area contributed by atoms with Crippen LogP contribution < -0.4 is 15.9 Å². The van der Waals surface area contributed by atoms with Gasteiger partial charge in [0.2, 0.25) is 0 Å². The van der Waals surface area contributed by atoms with Gasteiger partial charge in [-0.1, -0.05) is 92.7 Å². The lowest BCUT2D eigenvalue weighted by molar-refractivity contribution is 0.592. The Hall–Kier alpha value is -2.57. The van der Waals surface area contributed by atoms with Gasteiger partial charge >= 0.3 is 0 Å². The predicted octanol–water partition coefficient (Wildman–Crippen LogP) is 4.93. The van der Waals surface area contributed by atoms with Gasteiger partial charge in [0.1, 0.15) is 0 Å². The third-order valence-corrected chi connectivity index (χ3v) is 8.00. The van der Waals surface area contributed by atoms with E-state index in [4.69, 9.17) is 0 Å². The second kappa shape index (κ2) is 6.63. The topological polar surface area (TPSA) is 32.9 Å². The zero-order chi connectivity index (χ0) is 18.1. The van der Waals surface area contributed by atoms with E-state index in [-0.39, 0.29) is 5.92 Å². The molecular formula is C23H22NOP. The van der Waals surface area contributed by atoms with E-state index in [2.05, 4.69) is 31.0 Å². The van der Waals surface area contributed by atoms with Gasteiger partial charge in [-0.25, -0.2) is 0 Å². The molecule has 26 heavy (non-hydrogen) atoms. The Morgan fingerprint density at radius 2 is 1.23 bits per heavy atom. The molecule has 2 nitrogen and oxygen atoms in total. The van der Waals surface area contributed by atoms with Crippen molar-refractivity contribution in [2.24, 2.45) is 0 Å². The summed E-state index contributed by atoms with van der Waals surface area (Å²) < 4.78 is 14.8. The molecule has 0 unspecified atom stereocenters. The van der Waals surface area contributed by atoms with Crippen molar-refractivity contribution in [1.82, 2.24) is 4.98 Å². The summed E-state index contributed by atoms with van der Waals surface area (Å²) in [6, 6.07) is 27.9. The van der Waals surface area contributed by atoms with Crippen LogP contribution in [0.3, 0.4) is 0 Å². The predicted molar refractivity (Wildman–Crippen MR) is 112 cm³/mol. The van der Waals surface area contributed by atoms with Crippen molar-refractivity contribution in [3.05, 3.63) is 90.6 Å². The van der Waals surface area contributed by atoms with Gasteiger partial charge in [-0.3, -0.25) is 0 Å². The van der Waals surface area contributed by atoms with E-state index in [1.165, 1.54) is 0 Å². The summed E-state index contributed by atoms with van der Waals surface area (Å²) in [7, 11) is -3.00. The minimum Gasteiger partial charge on any atom is -0.358 e. The molecule has 3 heteroatoms. The van der Waals surface area contributed by atoms with Crippen LogP contribution in [0.5, 0.6) is 0 Å². The Kier molecular flexibility index (Phi) is 4.30. The fourth-order valence-corrected chi connectivity index (χ4v) is 6.77. The first-order chi connectivity index (χ1) is 12.6. The number of nitrogens with one attached hydrogen (secondary N) is 1. The maximum Gasteiger partial charge on any atom is 0.173 e. The number of H-pyrrole nitrogens is 1. The summed E-state index contributed by atoms with van der Waals surface area (Å²) in [6.07, 6.45) is 0. The molecule has 1 N–H and O–H groups in total. The average Bonchev–Trinajstić information content (AvgIpc) is 3.09. The zero-order valence-electron chi connectivity index (χ0n) is 15.0. The molecule has 3 aromatic carbocycles. The number of rotatable bonds is 4. The Balaban J connectivity index is 2.14. The van der Waals surface area contributed by atoms with Crippen molar-refractivity contribution >= 4 is 34.0 Å². The molecule has 0 saturated heterocycles. The molecule has 0 amide bonds. The Bertz CT molecular complexity index is 1040. The summed E-state index contributed by atoms with van der Waals surface area (Å²) in [6.45, 7) is 4.29. The standard InChI is InChI=1S/C23H22NOP/c1-17(2)22-23(20-15-9-10-16-21(20)24-22)26(25,18-11-5-3-6-12-18)19-13-7-4-8-14-19/h3-17,24H,1-2H3. The summed E-state index contributed by atoms with van der Waals surface area (Å²) in [5.41, 5.74) is 2.10. The third-order valence-electron chi connectivity index (χ3n) is 4.84. The van der Waals surface area contributed by atoms with E-state index in [9.17, 15) is 4.57 Å². The first-order valence-electron chi connectivity index (χ1n) is 8.95. The molecule has 0 spiro atoms. The molecule has 0 saturated carbocycles. The highest BCUT2D eigenvalue weighted by Crippen LogP contribution is 2.46. The van der Waals surface area contributed by atoms with Gasteiger partial charge in [0.15, 0.2) is 7.14 Å². The Labute approximate surface area is 154 Å². The van der Waals surface area contributed by atoms with Gasteiger partial charge in [-0.15, -0.1) is 0 Å². The summed E-state index contributed by atoms with van der Waals surface area (Å²) in [4.78, 5) is 3.54. The third kappa shape index (κ3) is 2.62. The number of benzene rings is 3. The average molecular weight is 359 g/mol.